The van der Waals surface area contributed by atoms with Gasteiger partial charge in [-0.15, -0.1) is 16.7 Å². The van der Waals surface area contributed by atoms with Gasteiger partial charge in [-0.2, -0.15) is 5.06 Å². The standard InChI is InChI=1S/C18H33N3O6.C15H23NO6.C11H20O4.C6H13N3O3.C4H5NO3.CH3Cl.CH4/c1-17(2,3)11(10-13(22)27-18(4,5)6)14(23)21-12(15(24)25)8-7-9-20-16(19)26;1-9(2)10(8-13(19)21-15(3,4)5)14(20)22-16-11(17)6-7-12(16)18;1-7(2)8(10(13)14)6-9(12)15-11(3,4)5;7-4(5(10)11)2-1-3-9-6(8)12;6-3-1-2-4(7)5(3)8;1-2;/h11-12H,7-10H2,1-6H3,(H,21,23)(H,24,25)(H3,19,20,26);9-10H,6-8H2,1-5H3;7-8H,6H2,1-5H3,(H,13,14);4H,1-3,7H2,(H,10,11)(H3,8,9,12);8H,1-2H2;1H3;1H4/t11-,12+;10-;8-;4-;;;/m1000.../s1. The van der Waals surface area contributed by atoms with E-state index in [0.29, 0.717) is 30.9 Å². The SMILES string of the molecule is C.CC(C)(C)OC(=O)C[C@H](C(=O)N[C@@H](CCCNC(N)=O)C(=O)O)C(C)(C)C.CC(C)[C@H](CC(=O)OC(C)(C)C)C(=O)O.CC(C)[C@H](CC(=O)OC(C)(C)C)C(=O)ON1C(=O)CCC1=O.CCl.NC(=O)NCCC[C@H](N)C(=O)O.O=C1CCC(=O)N1O. The molecule has 0 saturated carbocycles. The number of carboxylic acids is 3. The Balaban J connectivity index is -0.000000335. The van der Waals surface area contributed by atoms with Crippen LogP contribution in [-0.2, 0) is 76.6 Å². The number of hydrogen-bond acceptors (Lipinski definition) is 20. The summed E-state index contributed by atoms with van der Waals surface area (Å²) in [7, 11) is 0. The molecule has 0 aromatic heterocycles. The number of urea groups is 2. The molecule has 2 aliphatic heterocycles. The first-order chi connectivity index (χ1) is 39.0. The van der Waals surface area contributed by atoms with Crippen LogP contribution in [0.1, 0.15) is 189 Å². The van der Waals surface area contributed by atoms with Crippen LogP contribution in [0.4, 0.5) is 9.59 Å². The number of carbonyl (C=O) groups excluding carboxylic acids is 11. The monoisotopic (exact) mass is 1270 g/mol. The van der Waals surface area contributed by atoms with E-state index in [1.165, 1.54) is 6.38 Å². The molecule has 0 unspecified atom stereocenters. The second-order valence-corrected chi connectivity index (χ2v) is 24.1. The summed E-state index contributed by atoms with van der Waals surface area (Å²) in [6.45, 7) is 28.7. The van der Waals surface area contributed by atoms with Crippen molar-refractivity contribution < 1.29 is 107 Å². The molecule has 504 valence electrons. The van der Waals surface area contributed by atoms with Gasteiger partial charge in [-0.3, -0.25) is 53.2 Å². The minimum Gasteiger partial charge on any atom is -0.481 e. The lowest BCUT2D eigenvalue weighted by Gasteiger charge is -2.31. The van der Waals surface area contributed by atoms with Gasteiger partial charge in [0.15, 0.2) is 0 Å². The molecule has 2 aliphatic rings. The molecule has 0 radical (unpaired) electrons. The van der Waals surface area contributed by atoms with Crippen molar-refractivity contribution in [2.45, 2.75) is 218 Å². The van der Waals surface area contributed by atoms with E-state index in [0.717, 1.165) is 0 Å². The average molecular weight is 1270 g/mol. The van der Waals surface area contributed by atoms with Gasteiger partial charge in [-0.05, 0) is 105 Å². The quantitative estimate of drug-likeness (QED) is 0.0162. The molecule has 13 N–H and O–H groups in total. The Morgan fingerprint density at radius 2 is 0.897 bits per heavy atom. The van der Waals surface area contributed by atoms with E-state index in [-0.39, 0.29) is 82.2 Å². The van der Waals surface area contributed by atoms with Crippen LogP contribution >= 0.6 is 11.6 Å². The highest BCUT2D eigenvalue weighted by Crippen LogP contribution is 2.30. The lowest BCUT2D eigenvalue weighted by atomic mass is 9.78. The molecule has 2 rings (SSSR count). The molecule has 0 aromatic rings. The molecular formula is C56H101ClN8O22. The van der Waals surface area contributed by atoms with Crippen LogP contribution in [0.3, 0.4) is 0 Å². The Bertz CT molecular complexity index is 2240. The number of nitrogens with one attached hydrogen (secondary N) is 3. The van der Waals surface area contributed by atoms with Crippen LogP contribution in [0.5, 0.6) is 0 Å². The van der Waals surface area contributed by atoms with E-state index in [2.05, 4.69) is 27.6 Å². The molecule has 2 saturated heterocycles. The van der Waals surface area contributed by atoms with Gasteiger partial charge in [-0.25, -0.2) is 19.2 Å². The van der Waals surface area contributed by atoms with E-state index in [1.54, 1.807) is 111 Å². The maximum Gasteiger partial charge on any atom is 0.337 e. The predicted molar refractivity (Wildman–Crippen MR) is 316 cm³/mol. The number of hydroxylamine groups is 4. The summed E-state index contributed by atoms with van der Waals surface area (Å²) in [6, 6.07) is -3.30. The van der Waals surface area contributed by atoms with Crippen molar-refractivity contribution in [3.63, 3.8) is 0 Å². The highest BCUT2D eigenvalue weighted by Gasteiger charge is 2.39. The summed E-state index contributed by atoms with van der Waals surface area (Å²) >= 11 is 4.64. The number of nitrogens with zero attached hydrogens (tertiary/aromatic N) is 2. The Morgan fingerprint density at radius 3 is 1.18 bits per heavy atom. The molecule has 30 nitrogen and oxygen atoms in total. The third kappa shape index (κ3) is 44.8. The number of carboxylic acid groups (broad SMARTS) is 3. The number of amides is 9. The maximum absolute atomic E-state index is 12.7. The van der Waals surface area contributed by atoms with Crippen molar-refractivity contribution in [2.24, 2.45) is 52.2 Å². The van der Waals surface area contributed by atoms with Gasteiger partial charge in [0, 0.05) is 45.2 Å². The second kappa shape index (κ2) is 42.6. The van der Waals surface area contributed by atoms with Crippen molar-refractivity contribution in [1.82, 2.24) is 26.1 Å². The van der Waals surface area contributed by atoms with Crippen LogP contribution in [0, 0.1) is 35.0 Å². The van der Waals surface area contributed by atoms with Crippen LogP contribution in [0.2, 0.25) is 0 Å². The number of esters is 3. The Kier molecular flexibility index (Phi) is 43.4. The smallest absolute Gasteiger partial charge is 0.337 e. The molecule has 0 bridgehead atoms. The van der Waals surface area contributed by atoms with E-state index < -0.39 is 135 Å². The number of ether oxygens (including phenoxy) is 3. The highest BCUT2D eigenvalue weighted by atomic mass is 35.5. The lowest BCUT2D eigenvalue weighted by molar-refractivity contribution is -0.202. The van der Waals surface area contributed by atoms with Crippen LogP contribution in [-0.4, -0.2) is 162 Å². The summed E-state index contributed by atoms with van der Waals surface area (Å²) in [5.74, 6) is -10.5. The first-order valence-corrected chi connectivity index (χ1v) is 28.2. The molecule has 5 atom stereocenters. The number of halogens is 1. The van der Waals surface area contributed by atoms with Gasteiger partial charge in [0.05, 0.1) is 37.0 Å². The van der Waals surface area contributed by atoms with Crippen molar-refractivity contribution in [3.05, 3.63) is 0 Å². The largest absolute Gasteiger partial charge is 0.481 e. The normalized spacial score (nSPS) is 14.6. The van der Waals surface area contributed by atoms with Gasteiger partial charge in [-0.1, -0.05) is 55.9 Å². The van der Waals surface area contributed by atoms with E-state index in [4.69, 9.17) is 51.7 Å². The van der Waals surface area contributed by atoms with E-state index >= 15 is 0 Å². The molecular weight excluding hydrogens is 1170 g/mol. The number of alkyl halides is 1. The molecule has 2 fully saturated rings. The second-order valence-electron chi connectivity index (χ2n) is 24.1. The zero-order valence-electron chi connectivity index (χ0n) is 52.9. The summed E-state index contributed by atoms with van der Waals surface area (Å²) in [6.07, 6.45) is 2.74. The summed E-state index contributed by atoms with van der Waals surface area (Å²) in [4.78, 5) is 162. The van der Waals surface area contributed by atoms with Crippen molar-refractivity contribution in [2.75, 3.05) is 19.5 Å². The van der Waals surface area contributed by atoms with Crippen molar-refractivity contribution >= 4 is 95.0 Å². The Morgan fingerprint density at radius 1 is 0.552 bits per heavy atom. The number of rotatable bonds is 23. The van der Waals surface area contributed by atoms with E-state index in [1.807, 2.05) is 0 Å². The first kappa shape index (κ1) is 88.6. The number of hydrogen-bond donors (Lipinski definition) is 10. The van der Waals surface area contributed by atoms with Crippen molar-refractivity contribution in [3.8, 4) is 0 Å². The van der Waals surface area contributed by atoms with Crippen LogP contribution in [0.15, 0.2) is 0 Å². The molecule has 9 amide bonds. The summed E-state index contributed by atoms with van der Waals surface area (Å²) < 4.78 is 15.5. The topological polar surface area (TPSA) is 477 Å². The minimum absolute atomic E-state index is 0. The number of nitrogens with two attached hydrogens (primary N) is 3. The number of aliphatic carboxylic acids is 3. The number of imide groups is 2. The zero-order valence-corrected chi connectivity index (χ0v) is 53.6. The summed E-state index contributed by atoms with van der Waals surface area (Å²) in [5.41, 5.74) is 12.5. The molecule has 2 heterocycles. The predicted octanol–water partition coefficient (Wildman–Crippen LogP) is 4.93. The fourth-order valence-corrected chi connectivity index (χ4v) is 6.75. The van der Waals surface area contributed by atoms with Crippen molar-refractivity contribution in [1.29, 1.82) is 0 Å². The van der Waals surface area contributed by atoms with Gasteiger partial charge < -0.3 is 67.5 Å². The fourth-order valence-electron chi connectivity index (χ4n) is 6.75. The van der Waals surface area contributed by atoms with Gasteiger partial charge in [0.2, 0.25) is 5.91 Å². The molecule has 0 spiro atoms. The average Bonchev–Trinajstić information content (AvgIpc) is 3.56. The Labute approximate surface area is 515 Å². The third-order valence-corrected chi connectivity index (χ3v) is 11.1. The zero-order chi connectivity index (χ0) is 68.4. The van der Waals surface area contributed by atoms with Crippen LogP contribution in [0.25, 0.3) is 0 Å². The van der Waals surface area contributed by atoms with Gasteiger partial charge in [0.25, 0.3) is 23.6 Å². The fraction of sp³-hybridized carbons (Fsp3) is 0.750. The highest BCUT2D eigenvalue weighted by molar-refractivity contribution is 6.15. The third-order valence-electron chi connectivity index (χ3n) is 11.1. The van der Waals surface area contributed by atoms with Gasteiger partial charge >= 0.3 is 53.8 Å². The molecule has 0 aromatic carbocycles. The number of primary amides is 2. The Hall–Kier alpha value is -7.21. The molecule has 87 heavy (non-hydrogen) atoms. The van der Waals surface area contributed by atoms with Crippen LogP contribution < -0.4 is 33.2 Å². The number of carbonyl (C=O) groups is 14. The van der Waals surface area contributed by atoms with Gasteiger partial charge in [0.1, 0.15) is 28.9 Å². The minimum atomic E-state index is -1.19. The van der Waals surface area contributed by atoms with E-state index in [9.17, 15) is 72.2 Å². The maximum atomic E-state index is 12.7. The first-order valence-electron chi connectivity index (χ1n) is 27.5. The summed E-state index contributed by atoms with van der Waals surface area (Å²) in [5, 5.41) is 42.8. The molecule has 0 aliphatic carbocycles. The molecule has 31 heteroatoms. The lowest BCUT2D eigenvalue weighted by Crippen LogP contribution is -2.47.